The van der Waals surface area contributed by atoms with E-state index in [2.05, 4.69) is 5.32 Å². The van der Waals surface area contributed by atoms with Crippen molar-refractivity contribution >= 4 is 27.7 Å². The van der Waals surface area contributed by atoms with Gasteiger partial charge in [0.05, 0.1) is 17.2 Å². The molecule has 0 bridgehead atoms. The predicted molar refractivity (Wildman–Crippen MR) is 103 cm³/mol. The Balaban J connectivity index is 1.70. The van der Waals surface area contributed by atoms with Gasteiger partial charge in [0, 0.05) is 19.0 Å². The predicted octanol–water partition coefficient (Wildman–Crippen LogP) is 2.22. The fraction of sp³-hybridized carbons (Fsp3) is 0.278. The zero-order valence-corrected chi connectivity index (χ0v) is 16.3. The Morgan fingerprint density at radius 1 is 1.08 bits per heavy atom. The average molecular weight is 395 g/mol. The Morgan fingerprint density at radius 3 is 2.35 bits per heavy atom. The number of ether oxygens (including phenoxy) is 1. The van der Waals surface area contributed by atoms with Crippen LogP contribution in [-0.4, -0.2) is 51.6 Å². The van der Waals surface area contributed by atoms with Crippen LogP contribution in [0.1, 0.15) is 0 Å². The molecule has 0 aliphatic carbocycles. The number of benzene rings is 2. The van der Waals surface area contributed by atoms with Gasteiger partial charge >= 0.3 is 0 Å². The summed E-state index contributed by atoms with van der Waals surface area (Å²) in [7, 11) is -0.472. The lowest BCUT2D eigenvalue weighted by molar-refractivity contribution is -0.118. The fourth-order valence-corrected chi connectivity index (χ4v) is 3.65. The quantitative estimate of drug-likeness (QED) is 0.521. The third-order valence-corrected chi connectivity index (χ3v) is 6.25. The molecular weight excluding hydrogens is 372 g/mol. The largest absolute Gasteiger partial charge is 0.492 e. The molecule has 1 N–H and O–H groups in total. The van der Waals surface area contributed by atoms with Gasteiger partial charge in [-0.25, -0.2) is 12.7 Å². The summed E-state index contributed by atoms with van der Waals surface area (Å²) in [6, 6.07) is 15.9. The SMILES string of the molecule is CN(C)S(=O)(=O)c1ccc(OCCNC(=O)CSc2ccccc2)cc1. The summed E-state index contributed by atoms with van der Waals surface area (Å²) < 4.78 is 30.6. The molecule has 1 amide bonds. The first-order valence-corrected chi connectivity index (χ1v) is 10.4. The zero-order valence-electron chi connectivity index (χ0n) is 14.7. The summed E-state index contributed by atoms with van der Waals surface area (Å²) in [6.45, 7) is 0.688. The van der Waals surface area contributed by atoms with Crippen LogP contribution in [0.15, 0.2) is 64.4 Å². The Morgan fingerprint density at radius 2 is 1.73 bits per heavy atom. The summed E-state index contributed by atoms with van der Waals surface area (Å²) in [5, 5.41) is 2.79. The minimum atomic E-state index is -3.44. The molecule has 0 aliphatic rings. The number of nitrogens with one attached hydrogen (secondary N) is 1. The van der Waals surface area contributed by atoms with Crippen molar-refractivity contribution in [3.63, 3.8) is 0 Å². The summed E-state index contributed by atoms with van der Waals surface area (Å²) in [6.07, 6.45) is 0. The Kier molecular flexibility index (Phi) is 7.50. The number of amides is 1. The van der Waals surface area contributed by atoms with Crippen LogP contribution in [0.4, 0.5) is 0 Å². The fourth-order valence-electron chi connectivity index (χ4n) is 1.99. The molecule has 2 aromatic rings. The second-order valence-corrected chi connectivity index (χ2v) is 8.76. The summed E-state index contributed by atoms with van der Waals surface area (Å²) in [5.41, 5.74) is 0. The summed E-state index contributed by atoms with van der Waals surface area (Å²) in [5.74, 6) is 0.840. The highest BCUT2D eigenvalue weighted by atomic mass is 32.2. The maximum Gasteiger partial charge on any atom is 0.242 e. The lowest BCUT2D eigenvalue weighted by atomic mass is 10.3. The highest BCUT2D eigenvalue weighted by Crippen LogP contribution is 2.18. The monoisotopic (exact) mass is 394 g/mol. The van der Waals surface area contributed by atoms with Crippen LogP contribution >= 0.6 is 11.8 Å². The van der Waals surface area contributed by atoms with E-state index in [1.54, 1.807) is 12.1 Å². The van der Waals surface area contributed by atoms with E-state index in [0.29, 0.717) is 24.7 Å². The van der Waals surface area contributed by atoms with E-state index >= 15 is 0 Å². The molecule has 0 aromatic heterocycles. The number of thioether (sulfide) groups is 1. The van der Waals surface area contributed by atoms with Gasteiger partial charge in [0.15, 0.2) is 0 Å². The molecule has 0 fully saturated rings. The molecule has 0 aliphatic heterocycles. The van der Waals surface area contributed by atoms with Gasteiger partial charge in [0.1, 0.15) is 12.4 Å². The molecule has 0 saturated heterocycles. The standard InChI is InChI=1S/C18H22N2O4S2/c1-20(2)26(22,23)17-10-8-15(9-11-17)24-13-12-19-18(21)14-25-16-6-4-3-5-7-16/h3-11H,12-14H2,1-2H3,(H,19,21). The van der Waals surface area contributed by atoms with Crippen LogP contribution in [-0.2, 0) is 14.8 Å². The molecule has 8 heteroatoms. The number of hydrogen-bond acceptors (Lipinski definition) is 5. The lowest BCUT2D eigenvalue weighted by Gasteiger charge is -2.12. The van der Waals surface area contributed by atoms with Gasteiger partial charge in [-0.15, -0.1) is 11.8 Å². The summed E-state index contributed by atoms with van der Waals surface area (Å²) in [4.78, 5) is 13.0. The first-order chi connectivity index (χ1) is 12.4. The molecule has 2 rings (SSSR count). The van der Waals surface area contributed by atoms with Crippen molar-refractivity contribution in [1.29, 1.82) is 0 Å². The van der Waals surface area contributed by atoms with E-state index < -0.39 is 10.0 Å². The zero-order chi connectivity index (χ0) is 19.0. The van der Waals surface area contributed by atoms with Gasteiger partial charge in [-0.1, -0.05) is 18.2 Å². The normalized spacial score (nSPS) is 11.3. The molecule has 0 heterocycles. The van der Waals surface area contributed by atoms with E-state index in [9.17, 15) is 13.2 Å². The van der Waals surface area contributed by atoms with Gasteiger partial charge in [0.25, 0.3) is 0 Å². The number of carbonyl (C=O) groups excluding carboxylic acids is 1. The molecule has 0 unspecified atom stereocenters. The van der Waals surface area contributed by atoms with Crippen molar-refractivity contribution in [3.05, 3.63) is 54.6 Å². The maximum atomic E-state index is 12.0. The molecular formula is C18H22N2O4S2. The van der Waals surface area contributed by atoms with E-state index in [4.69, 9.17) is 4.74 Å². The van der Waals surface area contributed by atoms with Crippen LogP contribution in [0, 0.1) is 0 Å². The Bertz CT molecular complexity index is 807. The van der Waals surface area contributed by atoms with Gasteiger partial charge in [-0.2, -0.15) is 0 Å². The first-order valence-electron chi connectivity index (χ1n) is 7.99. The van der Waals surface area contributed by atoms with Gasteiger partial charge in [-0.05, 0) is 36.4 Å². The topological polar surface area (TPSA) is 75.7 Å². The number of sulfonamides is 1. The number of nitrogens with zero attached hydrogens (tertiary/aromatic N) is 1. The second kappa shape index (κ2) is 9.61. The van der Waals surface area contributed by atoms with Crippen LogP contribution in [0.3, 0.4) is 0 Å². The summed E-state index contributed by atoms with van der Waals surface area (Å²) >= 11 is 1.48. The van der Waals surface area contributed by atoms with Crippen molar-refractivity contribution in [3.8, 4) is 5.75 Å². The molecule has 0 spiro atoms. The van der Waals surface area contributed by atoms with Gasteiger partial charge < -0.3 is 10.1 Å². The third kappa shape index (κ3) is 6.05. The maximum absolute atomic E-state index is 12.0. The first kappa shape index (κ1) is 20.3. The molecule has 0 atom stereocenters. The molecule has 6 nitrogen and oxygen atoms in total. The van der Waals surface area contributed by atoms with E-state index in [-0.39, 0.29) is 10.8 Å². The van der Waals surface area contributed by atoms with Crippen LogP contribution < -0.4 is 10.1 Å². The van der Waals surface area contributed by atoms with Crippen LogP contribution in [0.5, 0.6) is 5.75 Å². The molecule has 26 heavy (non-hydrogen) atoms. The van der Waals surface area contributed by atoms with Crippen LogP contribution in [0.25, 0.3) is 0 Å². The molecule has 0 radical (unpaired) electrons. The minimum absolute atomic E-state index is 0.0603. The third-order valence-electron chi connectivity index (χ3n) is 3.41. The highest BCUT2D eigenvalue weighted by Gasteiger charge is 2.16. The van der Waals surface area contributed by atoms with E-state index in [1.807, 2.05) is 30.3 Å². The van der Waals surface area contributed by atoms with Crippen LogP contribution in [0.2, 0.25) is 0 Å². The minimum Gasteiger partial charge on any atom is -0.492 e. The van der Waals surface area contributed by atoms with Gasteiger partial charge in [0.2, 0.25) is 15.9 Å². The Hall–Kier alpha value is -2.03. The average Bonchev–Trinajstić information content (AvgIpc) is 2.64. The molecule has 0 saturated carbocycles. The van der Waals surface area contributed by atoms with E-state index in [0.717, 1.165) is 9.20 Å². The van der Waals surface area contributed by atoms with Crippen molar-refractivity contribution < 1.29 is 17.9 Å². The van der Waals surface area contributed by atoms with E-state index in [1.165, 1.54) is 38.0 Å². The molecule has 2 aromatic carbocycles. The smallest absolute Gasteiger partial charge is 0.242 e. The highest BCUT2D eigenvalue weighted by molar-refractivity contribution is 8.00. The van der Waals surface area contributed by atoms with Crippen molar-refractivity contribution in [2.75, 3.05) is 33.0 Å². The van der Waals surface area contributed by atoms with Crippen molar-refractivity contribution in [2.24, 2.45) is 0 Å². The van der Waals surface area contributed by atoms with Crippen molar-refractivity contribution in [1.82, 2.24) is 9.62 Å². The lowest BCUT2D eigenvalue weighted by Crippen LogP contribution is -2.29. The second-order valence-electron chi connectivity index (χ2n) is 5.56. The van der Waals surface area contributed by atoms with Crippen molar-refractivity contribution in [2.45, 2.75) is 9.79 Å². The molecule has 140 valence electrons. The van der Waals surface area contributed by atoms with Gasteiger partial charge in [-0.3, -0.25) is 4.79 Å². The number of carbonyl (C=O) groups is 1. The number of hydrogen-bond donors (Lipinski definition) is 1. The number of rotatable bonds is 9. The Labute approximate surface area is 158 Å².